The SMILES string of the molecule is O=C(c1cnc(-c2ccc(Cl)cc2)nc1)N1CCC(O)(Cn2ccc3ccncc32)CC1. The van der Waals surface area contributed by atoms with Crippen molar-refractivity contribution in [1.82, 2.24) is 24.4 Å². The molecule has 1 aromatic carbocycles. The number of amides is 1. The maximum atomic E-state index is 12.9. The Morgan fingerprint density at radius 1 is 1.03 bits per heavy atom. The van der Waals surface area contributed by atoms with Crippen LogP contribution in [0.15, 0.2) is 67.4 Å². The molecule has 32 heavy (non-hydrogen) atoms. The zero-order chi connectivity index (χ0) is 22.1. The van der Waals surface area contributed by atoms with E-state index in [0.29, 0.717) is 48.9 Å². The van der Waals surface area contributed by atoms with Crippen molar-refractivity contribution in [2.45, 2.75) is 25.0 Å². The van der Waals surface area contributed by atoms with E-state index in [4.69, 9.17) is 11.6 Å². The lowest BCUT2D eigenvalue weighted by atomic mass is 9.91. The van der Waals surface area contributed by atoms with Crippen molar-refractivity contribution in [2.24, 2.45) is 0 Å². The van der Waals surface area contributed by atoms with Gasteiger partial charge in [0.25, 0.3) is 5.91 Å². The number of piperidine rings is 1. The number of halogens is 1. The molecule has 162 valence electrons. The second-order valence-corrected chi connectivity index (χ2v) is 8.63. The summed E-state index contributed by atoms with van der Waals surface area (Å²) < 4.78 is 2.03. The fourth-order valence-corrected chi connectivity index (χ4v) is 4.26. The maximum Gasteiger partial charge on any atom is 0.256 e. The number of likely N-dealkylation sites (tertiary alicyclic amines) is 1. The normalized spacial score (nSPS) is 15.8. The number of benzene rings is 1. The summed E-state index contributed by atoms with van der Waals surface area (Å²) in [5.41, 5.74) is 1.41. The maximum absolute atomic E-state index is 12.9. The van der Waals surface area contributed by atoms with Gasteiger partial charge in [0.2, 0.25) is 0 Å². The highest BCUT2D eigenvalue weighted by molar-refractivity contribution is 6.30. The van der Waals surface area contributed by atoms with Crippen LogP contribution in [-0.2, 0) is 6.54 Å². The lowest BCUT2D eigenvalue weighted by molar-refractivity contribution is -0.0284. The van der Waals surface area contributed by atoms with Gasteiger partial charge in [0.1, 0.15) is 0 Å². The van der Waals surface area contributed by atoms with Gasteiger partial charge in [-0.15, -0.1) is 0 Å². The van der Waals surface area contributed by atoms with Crippen LogP contribution in [-0.4, -0.2) is 54.1 Å². The number of aliphatic hydroxyl groups is 1. The number of nitrogens with zero attached hydrogens (tertiary/aromatic N) is 5. The molecule has 1 aliphatic rings. The standard InChI is InChI=1S/C24H22ClN5O2/c25-20-3-1-18(2-4-20)22-27-13-19(14-28-22)23(31)29-11-7-24(32,8-12-29)16-30-10-6-17-5-9-26-15-21(17)30/h1-6,9-10,13-15,32H,7-8,11-12,16H2. The summed E-state index contributed by atoms with van der Waals surface area (Å²) in [7, 11) is 0. The fraction of sp³-hybridized carbons (Fsp3) is 0.250. The van der Waals surface area contributed by atoms with Crippen molar-refractivity contribution in [1.29, 1.82) is 0 Å². The molecule has 1 amide bonds. The lowest BCUT2D eigenvalue weighted by Gasteiger charge is -2.38. The zero-order valence-corrected chi connectivity index (χ0v) is 18.1. The molecule has 5 rings (SSSR count). The predicted molar refractivity (Wildman–Crippen MR) is 122 cm³/mol. The summed E-state index contributed by atoms with van der Waals surface area (Å²) in [6.07, 6.45) is 9.66. The predicted octanol–water partition coefficient (Wildman–Crippen LogP) is 3.81. The Hall–Kier alpha value is -3.29. The van der Waals surface area contributed by atoms with E-state index in [1.54, 1.807) is 35.6 Å². The van der Waals surface area contributed by atoms with Crippen molar-refractivity contribution in [3.63, 3.8) is 0 Å². The molecular weight excluding hydrogens is 426 g/mol. The van der Waals surface area contributed by atoms with Gasteiger partial charge in [-0.2, -0.15) is 0 Å². The van der Waals surface area contributed by atoms with Gasteiger partial charge in [-0.3, -0.25) is 9.78 Å². The molecule has 4 aromatic rings. The van der Waals surface area contributed by atoms with Gasteiger partial charge in [0.05, 0.1) is 29.4 Å². The molecule has 4 heterocycles. The number of carbonyl (C=O) groups is 1. The van der Waals surface area contributed by atoms with E-state index < -0.39 is 5.60 Å². The molecule has 0 bridgehead atoms. The third-order valence-electron chi connectivity index (χ3n) is 6.02. The Balaban J connectivity index is 1.23. The van der Waals surface area contributed by atoms with Crippen molar-refractivity contribution >= 4 is 28.4 Å². The first-order chi connectivity index (χ1) is 15.5. The van der Waals surface area contributed by atoms with Gasteiger partial charge >= 0.3 is 0 Å². The van der Waals surface area contributed by atoms with Crippen molar-refractivity contribution < 1.29 is 9.90 Å². The molecule has 8 heteroatoms. The van der Waals surface area contributed by atoms with Crippen LogP contribution in [0.25, 0.3) is 22.3 Å². The summed E-state index contributed by atoms with van der Waals surface area (Å²) in [6.45, 7) is 1.43. The number of carbonyl (C=O) groups excluding carboxylic acids is 1. The van der Waals surface area contributed by atoms with Gasteiger partial charge in [0.15, 0.2) is 5.82 Å². The van der Waals surface area contributed by atoms with E-state index in [1.165, 1.54) is 0 Å². The van der Waals surface area contributed by atoms with Crippen LogP contribution in [0.2, 0.25) is 5.02 Å². The molecule has 1 saturated heterocycles. The minimum absolute atomic E-state index is 0.120. The molecule has 7 nitrogen and oxygen atoms in total. The van der Waals surface area contributed by atoms with Crippen molar-refractivity contribution in [3.8, 4) is 11.4 Å². The number of aromatic nitrogens is 4. The number of hydrogen-bond acceptors (Lipinski definition) is 5. The van der Waals surface area contributed by atoms with Crippen LogP contribution >= 0.6 is 11.6 Å². The lowest BCUT2D eigenvalue weighted by Crippen LogP contribution is -2.48. The summed E-state index contributed by atoms with van der Waals surface area (Å²) >= 11 is 5.92. The summed E-state index contributed by atoms with van der Waals surface area (Å²) in [6, 6.07) is 11.2. The Kier molecular flexibility index (Phi) is 5.36. The van der Waals surface area contributed by atoms with Gasteiger partial charge in [-0.1, -0.05) is 11.6 Å². The highest BCUT2D eigenvalue weighted by Gasteiger charge is 2.35. The third kappa shape index (κ3) is 4.09. The molecule has 1 aliphatic heterocycles. The molecular formula is C24H22ClN5O2. The minimum Gasteiger partial charge on any atom is -0.388 e. The zero-order valence-electron chi connectivity index (χ0n) is 17.4. The van der Waals surface area contributed by atoms with Crippen LogP contribution in [0, 0.1) is 0 Å². The largest absolute Gasteiger partial charge is 0.388 e. The van der Waals surface area contributed by atoms with Gasteiger partial charge in [-0.25, -0.2) is 9.97 Å². The molecule has 0 radical (unpaired) electrons. The second kappa shape index (κ2) is 8.33. The first-order valence-electron chi connectivity index (χ1n) is 10.5. The highest BCUT2D eigenvalue weighted by atomic mass is 35.5. The molecule has 0 spiro atoms. The number of hydrogen-bond donors (Lipinski definition) is 1. The molecule has 0 saturated carbocycles. The molecule has 0 unspecified atom stereocenters. The van der Waals surface area contributed by atoms with Crippen LogP contribution in [0.3, 0.4) is 0 Å². The highest BCUT2D eigenvalue weighted by Crippen LogP contribution is 2.27. The number of pyridine rings is 1. The quantitative estimate of drug-likeness (QED) is 0.514. The first kappa shape index (κ1) is 20.6. The van der Waals surface area contributed by atoms with Crippen LogP contribution < -0.4 is 0 Å². The fourth-order valence-electron chi connectivity index (χ4n) is 4.14. The summed E-state index contributed by atoms with van der Waals surface area (Å²) in [4.78, 5) is 27.6. The average molecular weight is 448 g/mol. The van der Waals surface area contributed by atoms with Crippen molar-refractivity contribution in [2.75, 3.05) is 13.1 Å². The minimum atomic E-state index is -0.868. The number of fused-ring (bicyclic) bond motifs is 1. The Bertz CT molecular complexity index is 1250. The molecule has 0 atom stereocenters. The van der Waals surface area contributed by atoms with E-state index in [2.05, 4.69) is 15.0 Å². The van der Waals surface area contributed by atoms with E-state index >= 15 is 0 Å². The average Bonchev–Trinajstić information content (AvgIpc) is 3.22. The van der Waals surface area contributed by atoms with E-state index in [0.717, 1.165) is 16.5 Å². The van der Waals surface area contributed by atoms with Gasteiger partial charge in [-0.05, 0) is 49.2 Å². The molecule has 3 aromatic heterocycles. The van der Waals surface area contributed by atoms with E-state index in [9.17, 15) is 9.90 Å². The van der Waals surface area contributed by atoms with Gasteiger partial charge in [0, 0.05) is 53.8 Å². The third-order valence-corrected chi connectivity index (χ3v) is 6.28. The topological polar surface area (TPSA) is 84.1 Å². The summed E-state index contributed by atoms with van der Waals surface area (Å²) in [5, 5.41) is 12.9. The Labute approximate surface area is 190 Å². The van der Waals surface area contributed by atoms with E-state index in [1.807, 2.05) is 41.2 Å². The Morgan fingerprint density at radius 2 is 1.75 bits per heavy atom. The Morgan fingerprint density at radius 3 is 2.47 bits per heavy atom. The van der Waals surface area contributed by atoms with E-state index in [-0.39, 0.29) is 5.91 Å². The van der Waals surface area contributed by atoms with Crippen LogP contribution in [0.1, 0.15) is 23.2 Å². The monoisotopic (exact) mass is 447 g/mol. The second-order valence-electron chi connectivity index (χ2n) is 8.20. The smallest absolute Gasteiger partial charge is 0.256 e. The summed E-state index contributed by atoms with van der Waals surface area (Å²) in [5.74, 6) is 0.421. The van der Waals surface area contributed by atoms with Crippen LogP contribution in [0.4, 0.5) is 0 Å². The van der Waals surface area contributed by atoms with Crippen LogP contribution in [0.5, 0.6) is 0 Å². The molecule has 0 aliphatic carbocycles. The first-order valence-corrected chi connectivity index (χ1v) is 10.9. The van der Waals surface area contributed by atoms with Gasteiger partial charge < -0.3 is 14.6 Å². The molecule has 1 fully saturated rings. The number of rotatable bonds is 4. The molecule has 1 N–H and O–H groups in total. The van der Waals surface area contributed by atoms with Crippen molar-refractivity contribution in [3.05, 3.63) is 78.0 Å².